The molecule has 13 heavy (non-hydrogen) atoms. The van der Waals surface area contributed by atoms with E-state index in [2.05, 4.69) is 4.74 Å². The van der Waals surface area contributed by atoms with Crippen molar-refractivity contribution in [2.75, 3.05) is 7.11 Å². The van der Waals surface area contributed by atoms with Crippen molar-refractivity contribution in [2.24, 2.45) is 5.92 Å². The number of halogens is 1. The average molecular weight is 186 g/mol. The molecule has 0 unspecified atom stereocenters. The average Bonchev–Trinajstić information content (AvgIpc) is 2.18. The van der Waals surface area contributed by atoms with Gasteiger partial charge in [0.05, 0.1) is 7.11 Å². The second kappa shape index (κ2) is 5.00. The Hall–Kier alpha value is -0.860. The molecule has 0 radical (unpaired) electrons. The molecule has 0 spiro atoms. The quantitative estimate of drug-likeness (QED) is 0.489. The van der Waals surface area contributed by atoms with E-state index < -0.39 is 11.8 Å². The Kier molecular flexibility index (Phi) is 3.93. The predicted octanol–water partition coefficient (Wildman–Crippen LogP) is 2.59. The molecule has 0 N–H and O–H groups in total. The molecule has 0 heterocycles. The van der Waals surface area contributed by atoms with Crippen LogP contribution in [0, 0.1) is 5.92 Å². The van der Waals surface area contributed by atoms with E-state index >= 15 is 0 Å². The molecule has 0 saturated heterocycles. The van der Waals surface area contributed by atoms with Gasteiger partial charge in [0, 0.05) is 0 Å². The first kappa shape index (κ1) is 10.2. The number of carbonyl (C=O) groups is 1. The zero-order chi connectivity index (χ0) is 9.68. The second-order valence-electron chi connectivity index (χ2n) is 3.40. The molecule has 1 fully saturated rings. The highest BCUT2D eigenvalue weighted by molar-refractivity contribution is 5.85. The highest BCUT2D eigenvalue weighted by Crippen LogP contribution is 2.25. The van der Waals surface area contributed by atoms with E-state index in [9.17, 15) is 9.18 Å². The van der Waals surface area contributed by atoms with Gasteiger partial charge in [-0.1, -0.05) is 19.3 Å². The Bertz CT molecular complexity index is 205. The molecule has 0 atom stereocenters. The first-order valence-electron chi connectivity index (χ1n) is 4.69. The molecule has 74 valence electrons. The topological polar surface area (TPSA) is 26.3 Å². The zero-order valence-electron chi connectivity index (χ0n) is 7.88. The lowest BCUT2D eigenvalue weighted by atomic mass is 9.89. The van der Waals surface area contributed by atoms with Crippen LogP contribution in [0.2, 0.25) is 0 Å². The first-order chi connectivity index (χ1) is 6.24. The second-order valence-corrected chi connectivity index (χ2v) is 3.40. The van der Waals surface area contributed by atoms with Gasteiger partial charge in [-0.2, -0.15) is 4.39 Å². The van der Waals surface area contributed by atoms with E-state index in [1.165, 1.54) is 19.6 Å². The monoisotopic (exact) mass is 186 g/mol. The van der Waals surface area contributed by atoms with Crippen LogP contribution in [0.1, 0.15) is 32.1 Å². The van der Waals surface area contributed by atoms with Gasteiger partial charge in [0.25, 0.3) is 0 Å². The summed E-state index contributed by atoms with van der Waals surface area (Å²) in [5.41, 5.74) is 0. The van der Waals surface area contributed by atoms with Crippen LogP contribution in [0.15, 0.2) is 11.9 Å². The fraction of sp³-hybridized carbons (Fsp3) is 0.700. The van der Waals surface area contributed by atoms with Crippen molar-refractivity contribution in [2.45, 2.75) is 32.1 Å². The lowest BCUT2D eigenvalue weighted by molar-refractivity contribution is -0.137. The van der Waals surface area contributed by atoms with Crippen LogP contribution in [0.4, 0.5) is 4.39 Å². The van der Waals surface area contributed by atoms with E-state index in [-0.39, 0.29) is 5.92 Å². The van der Waals surface area contributed by atoms with Gasteiger partial charge in [0.15, 0.2) is 0 Å². The molecule has 0 bridgehead atoms. The molecule has 0 aromatic heterocycles. The van der Waals surface area contributed by atoms with Gasteiger partial charge in [-0.15, -0.1) is 0 Å². The molecule has 1 saturated carbocycles. The Morgan fingerprint density at radius 1 is 1.38 bits per heavy atom. The minimum absolute atomic E-state index is 0.229. The zero-order valence-corrected chi connectivity index (χ0v) is 7.88. The minimum Gasteiger partial charge on any atom is -0.464 e. The fourth-order valence-corrected chi connectivity index (χ4v) is 1.67. The minimum atomic E-state index is -0.856. The van der Waals surface area contributed by atoms with Crippen molar-refractivity contribution >= 4 is 5.97 Å². The molecule has 1 aliphatic carbocycles. The van der Waals surface area contributed by atoms with E-state index in [0.29, 0.717) is 0 Å². The summed E-state index contributed by atoms with van der Waals surface area (Å²) in [5.74, 6) is -1.37. The van der Waals surface area contributed by atoms with E-state index in [0.717, 1.165) is 25.7 Å². The fourth-order valence-electron chi connectivity index (χ4n) is 1.67. The predicted molar refractivity (Wildman–Crippen MR) is 47.8 cm³/mol. The lowest BCUT2D eigenvalue weighted by Crippen LogP contribution is -2.07. The summed E-state index contributed by atoms with van der Waals surface area (Å²) >= 11 is 0. The third-order valence-electron chi connectivity index (χ3n) is 2.41. The highest BCUT2D eigenvalue weighted by Gasteiger charge is 2.15. The summed E-state index contributed by atoms with van der Waals surface area (Å²) in [6.45, 7) is 0. The summed E-state index contributed by atoms with van der Waals surface area (Å²) < 4.78 is 17.2. The summed E-state index contributed by atoms with van der Waals surface area (Å²) in [7, 11) is 1.19. The number of rotatable bonds is 2. The Balaban J connectivity index is 2.47. The lowest BCUT2D eigenvalue weighted by Gasteiger charge is -2.17. The van der Waals surface area contributed by atoms with Gasteiger partial charge in [-0.05, 0) is 24.8 Å². The standard InChI is InChI=1S/C10H15FO2/c1-13-10(12)9(11)7-8-5-3-2-4-6-8/h7-8H,2-6H2,1H3/b9-7-. The Morgan fingerprint density at radius 3 is 2.54 bits per heavy atom. The number of hydrogen-bond donors (Lipinski definition) is 0. The summed E-state index contributed by atoms with van der Waals surface area (Å²) in [5, 5.41) is 0. The van der Waals surface area contributed by atoms with Crippen molar-refractivity contribution in [1.82, 2.24) is 0 Å². The molecular weight excluding hydrogens is 171 g/mol. The number of esters is 1. The van der Waals surface area contributed by atoms with Crippen LogP contribution < -0.4 is 0 Å². The molecule has 0 aromatic rings. The third kappa shape index (κ3) is 3.17. The normalized spacial score (nSPS) is 20.0. The van der Waals surface area contributed by atoms with Gasteiger partial charge >= 0.3 is 5.97 Å². The van der Waals surface area contributed by atoms with Crippen LogP contribution in [0.5, 0.6) is 0 Å². The van der Waals surface area contributed by atoms with Crippen molar-refractivity contribution in [3.63, 3.8) is 0 Å². The van der Waals surface area contributed by atoms with E-state index in [1.54, 1.807) is 0 Å². The number of allylic oxidation sites excluding steroid dienone is 1. The van der Waals surface area contributed by atoms with Gasteiger partial charge in [-0.25, -0.2) is 4.79 Å². The number of carbonyl (C=O) groups excluding carboxylic acids is 1. The molecule has 2 nitrogen and oxygen atoms in total. The number of hydrogen-bond acceptors (Lipinski definition) is 2. The highest BCUT2D eigenvalue weighted by atomic mass is 19.1. The van der Waals surface area contributed by atoms with Crippen molar-refractivity contribution in [3.05, 3.63) is 11.9 Å². The maximum absolute atomic E-state index is 13.0. The molecule has 0 aliphatic heterocycles. The Labute approximate surface area is 77.8 Å². The molecule has 3 heteroatoms. The van der Waals surface area contributed by atoms with E-state index in [1.807, 2.05) is 0 Å². The number of methoxy groups -OCH3 is 1. The molecule has 1 aliphatic rings. The maximum Gasteiger partial charge on any atom is 0.366 e. The van der Waals surface area contributed by atoms with Gasteiger partial charge in [-0.3, -0.25) is 0 Å². The summed E-state index contributed by atoms with van der Waals surface area (Å²) in [6.07, 6.45) is 6.88. The maximum atomic E-state index is 13.0. The first-order valence-corrected chi connectivity index (χ1v) is 4.69. The SMILES string of the molecule is COC(=O)/C(F)=C/C1CCCCC1. The van der Waals surface area contributed by atoms with Gasteiger partial charge in [0.1, 0.15) is 0 Å². The Morgan fingerprint density at radius 2 is 2.00 bits per heavy atom. The smallest absolute Gasteiger partial charge is 0.366 e. The number of ether oxygens (including phenoxy) is 1. The largest absolute Gasteiger partial charge is 0.464 e. The third-order valence-corrected chi connectivity index (χ3v) is 2.41. The molecule has 1 rings (SSSR count). The van der Waals surface area contributed by atoms with Gasteiger partial charge in [0.2, 0.25) is 5.83 Å². The van der Waals surface area contributed by atoms with Crippen molar-refractivity contribution < 1.29 is 13.9 Å². The van der Waals surface area contributed by atoms with Crippen LogP contribution >= 0.6 is 0 Å². The molecule has 0 amide bonds. The van der Waals surface area contributed by atoms with Crippen LogP contribution in [0.25, 0.3) is 0 Å². The molecular formula is C10H15FO2. The summed E-state index contributed by atoms with van der Waals surface area (Å²) in [6, 6.07) is 0. The van der Waals surface area contributed by atoms with Crippen LogP contribution in [-0.4, -0.2) is 13.1 Å². The molecule has 0 aromatic carbocycles. The van der Waals surface area contributed by atoms with Crippen LogP contribution in [-0.2, 0) is 9.53 Å². The van der Waals surface area contributed by atoms with Gasteiger partial charge < -0.3 is 4.74 Å². The van der Waals surface area contributed by atoms with Crippen molar-refractivity contribution in [1.29, 1.82) is 0 Å². The van der Waals surface area contributed by atoms with E-state index in [4.69, 9.17) is 0 Å². The summed E-state index contributed by atoms with van der Waals surface area (Å²) in [4.78, 5) is 10.7. The van der Waals surface area contributed by atoms with Crippen LogP contribution in [0.3, 0.4) is 0 Å². The van der Waals surface area contributed by atoms with Crippen molar-refractivity contribution in [3.8, 4) is 0 Å².